The Bertz CT molecular complexity index is 923. The average Bonchev–Trinajstić information content (AvgIpc) is 2.79. The molecule has 0 bridgehead atoms. The average molecular weight is 385 g/mol. The molecule has 3 aromatic carbocycles. The highest BCUT2D eigenvalue weighted by Crippen LogP contribution is 2.43. The summed E-state index contributed by atoms with van der Waals surface area (Å²) in [5.41, 5.74) is 6.37. The molecule has 29 heavy (non-hydrogen) atoms. The molecule has 1 aliphatic carbocycles. The molecule has 0 aliphatic heterocycles. The van der Waals surface area contributed by atoms with Gasteiger partial charge in [-0.15, -0.1) is 0 Å². The van der Waals surface area contributed by atoms with Crippen molar-refractivity contribution in [2.75, 3.05) is 0 Å². The maximum atomic E-state index is 11.0. The van der Waals surface area contributed by atoms with E-state index < -0.39 is 0 Å². The van der Waals surface area contributed by atoms with Gasteiger partial charge in [0.15, 0.2) is 0 Å². The molecule has 1 nitrogen and oxygen atoms in total. The summed E-state index contributed by atoms with van der Waals surface area (Å²) in [5.74, 6) is 1.51. The van der Waals surface area contributed by atoms with Crippen molar-refractivity contribution >= 4 is 0 Å². The summed E-state index contributed by atoms with van der Waals surface area (Å²) in [6.07, 6.45) is 6.26. The quantitative estimate of drug-likeness (QED) is 0.477. The first-order valence-electron chi connectivity index (χ1n) is 11.1. The number of benzene rings is 3. The van der Waals surface area contributed by atoms with E-state index in [0.717, 1.165) is 5.56 Å². The Morgan fingerprint density at radius 1 is 0.690 bits per heavy atom. The highest BCUT2D eigenvalue weighted by molar-refractivity contribution is 5.51. The molecule has 1 aliphatic rings. The van der Waals surface area contributed by atoms with Gasteiger partial charge in [-0.2, -0.15) is 0 Å². The molecular weight excluding hydrogens is 352 g/mol. The summed E-state index contributed by atoms with van der Waals surface area (Å²) in [6, 6.07) is 25.8. The minimum atomic E-state index is 0.240. The minimum Gasteiger partial charge on any atom is -0.508 e. The van der Waals surface area contributed by atoms with Gasteiger partial charge in [0.1, 0.15) is 5.75 Å². The Morgan fingerprint density at radius 3 is 1.69 bits per heavy atom. The Hall–Kier alpha value is -2.54. The number of hydrogen-bond acceptors (Lipinski definition) is 1. The van der Waals surface area contributed by atoms with Crippen molar-refractivity contribution in [3.05, 3.63) is 101 Å². The predicted octanol–water partition coefficient (Wildman–Crippen LogP) is 7.74. The number of hydrogen-bond donors (Lipinski definition) is 1. The first-order chi connectivity index (χ1) is 14.1. The summed E-state index contributed by atoms with van der Waals surface area (Å²) >= 11 is 0. The molecule has 0 radical (unpaired) electrons. The monoisotopic (exact) mass is 384 g/mol. The molecule has 0 aromatic heterocycles. The van der Waals surface area contributed by atoms with Crippen LogP contribution in [0.3, 0.4) is 0 Å². The predicted molar refractivity (Wildman–Crippen MR) is 122 cm³/mol. The highest BCUT2D eigenvalue weighted by Gasteiger charge is 2.24. The normalized spacial score (nSPS) is 17.0. The van der Waals surface area contributed by atoms with E-state index in [2.05, 4.69) is 86.6 Å². The molecule has 0 saturated heterocycles. The van der Waals surface area contributed by atoms with Gasteiger partial charge in [-0.25, -0.2) is 0 Å². The van der Waals surface area contributed by atoms with Crippen molar-refractivity contribution in [1.29, 1.82) is 0 Å². The summed E-state index contributed by atoms with van der Waals surface area (Å²) in [5, 5.41) is 11.0. The van der Waals surface area contributed by atoms with Gasteiger partial charge in [0.2, 0.25) is 0 Å². The molecule has 2 unspecified atom stereocenters. The van der Waals surface area contributed by atoms with Crippen molar-refractivity contribution < 1.29 is 5.11 Å². The van der Waals surface area contributed by atoms with Crippen LogP contribution in [0.2, 0.25) is 0 Å². The van der Waals surface area contributed by atoms with Gasteiger partial charge in [-0.3, -0.25) is 0 Å². The van der Waals surface area contributed by atoms with Crippen molar-refractivity contribution in [3.8, 4) is 5.75 Å². The van der Waals surface area contributed by atoms with Gasteiger partial charge in [-0.1, -0.05) is 99.8 Å². The maximum Gasteiger partial charge on any atom is 0.119 e. The Labute approximate surface area is 175 Å². The van der Waals surface area contributed by atoms with E-state index in [4.69, 9.17) is 0 Å². The molecule has 1 saturated carbocycles. The SMILES string of the molecule is CC(c1ccccc1)c1cc(O)c(C2CCCCC2)cc1C(C)c1ccccc1. The van der Waals surface area contributed by atoms with E-state index in [1.54, 1.807) is 0 Å². The van der Waals surface area contributed by atoms with Crippen LogP contribution in [0.1, 0.15) is 91.5 Å². The number of phenolic OH excluding ortho intramolecular Hbond substituents is 1. The molecule has 1 N–H and O–H groups in total. The van der Waals surface area contributed by atoms with Gasteiger partial charge in [-0.05, 0) is 52.6 Å². The number of aromatic hydroxyl groups is 1. The van der Waals surface area contributed by atoms with Crippen LogP contribution in [0.15, 0.2) is 72.8 Å². The topological polar surface area (TPSA) is 20.2 Å². The molecule has 0 amide bonds. The van der Waals surface area contributed by atoms with Crippen LogP contribution >= 0.6 is 0 Å². The molecule has 0 spiro atoms. The van der Waals surface area contributed by atoms with Gasteiger partial charge in [0.25, 0.3) is 0 Å². The van der Waals surface area contributed by atoms with Crippen LogP contribution in [0, 0.1) is 0 Å². The molecular formula is C28H32O. The highest BCUT2D eigenvalue weighted by atomic mass is 16.3. The van der Waals surface area contributed by atoms with Gasteiger partial charge < -0.3 is 5.11 Å². The minimum absolute atomic E-state index is 0.240. The third kappa shape index (κ3) is 4.24. The lowest BCUT2D eigenvalue weighted by atomic mass is 9.78. The van der Waals surface area contributed by atoms with Crippen molar-refractivity contribution in [2.24, 2.45) is 0 Å². The van der Waals surface area contributed by atoms with E-state index in [0.29, 0.717) is 17.6 Å². The summed E-state index contributed by atoms with van der Waals surface area (Å²) in [6.45, 7) is 4.55. The third-order valence-corrected chi connectivity index (χ3v) is 6.81. The molecule has 2 atom stereocenters. The zero-order chi connectivity index (χ0) is 20.2. The molecule has 150 valence electrons. The van der Waals surface area contributed by atoms with Crippen molar-refractivity contribution in [1.82, 2.24) is 0 Å². The summed E-state index contributed by atoms with van der Waals surface area (Å²) in [7, 11) is 0. The Balaban J connectivity index is 1.81. The van der Waals surface area contributed by atoms with E-state index in [9.17, 15) is 5.11 Å². The fourth-order valence-corrected chi connectivity index (χ4v) is 4.97. The number of rotatable bonds is 5. The number of phenols is 1. The fraction of sp³-hybridized carbons (Fsp3) is 0.357. The lowest BCUT2D eigenvalue weighted by molar-refractivity contribution is 0.413. The van der Waals surface area contributed by atoms with Crippen molar-refractivity contribution in [3.63, 3.8) is 0 Å². The molecule has 1 heteroatoms. The second kappa shape index (κ2) is 8.86. The Morgan fingerprint density at radius 2 is 1.17 bits per heavy atom. The fourth-order valence-electron chi connectivity index (χ4n) is 4.97. The second-order valence-corrected chi connectivity index (χ2v) is 8.64. The van der Waals surface area contributed by atoms with Crippen LogP contribution in [-0.2, 0) is 0 Å². The van der Waals surface area contributed by atoms with E-state index in [1.165, 1.54) is 54.4 Å². The third-order valence-electron chi connectivity index (χ3n) is 6.81. The van der Waals surface area contributed by atoms with Gasteiger partial charge in [0.05, 0.1) is 0 Å². The summed E-state index contributed by atoms with van der Waals surface area (Å²) in [4.78, 5) is 0. The lowest BCUT2D eigenvalue weighted by Crippen LogP contribution is -2.10. The first-order valence-corrected chi connectivity index (χ1v) is 11.1. The molecule has 3 aromatic rings. The van der Waals surface area contributed by atoms with E-state index in [1.807, 2.05) is 0 Å². The van der Waals surface area contributed by atoms with Crippen LogP contribution < -0.4 is 0 Å². The lowest BCUT2D eigenvalue weighted by Gasteiger charge is -2.27. The smallest absolute Gasteiger partial charge is 0.119 e. The van der Waals surface area contributed by atoms with Gasteiger partial charge >= 0.3 is 0 Å². The van der Waals surface area contributed by atoms with Crippen LogP contribution in [0.25, 0.3) is 0 Å². The van der Waals surface area contributed by atoms with E-state index >= 15 is 0 Å². The van der Waals surface area contributed by atoms with E-state index in [-0.39, 0.29) is 5.92 Å². The zero-order valence-corrected chi connectivity index (χ0v) is 17.6. The Kier molecular flexibility index (Phi) is 6.04. The first kappa shape index (κ1) is 19.8. The molecule has 1 fully saturated rings. The largest absolute Gasteiger partial charge is 0.508 e. The maximum absolute atomic E-state index is 11.0. The standard InChI is InChI=1S/C28H32O/c1-20(22-12-6-3-7-13-22)25-18-27(24-16-10-5-11-17-24)28(29)19-26(25)21(2)23-14-8-4-9-15-23/h3-4,6-9,12-15,18-21,24,29H,5,10-11,16-17H2,1-2H3. The molecule has 4 rings (SSSR count). The van der Waals surface area contributed by atoms with Crippen molar-refractivity contribution in [2.45, 2.75) is 63.7 Å². The molecule has 0 heterocycles. The van der Waals surface area contributed by atoms with Gasteiger partial charge in [0, 0.05) is 11.8 Å². The zero-order valence-electron chi connectivity index (χ0n) is 17.6. The van der Waals surface area contributed by atoms with Crippen LogP contribution in [-0.4, -0.2) is 5.11 Å². The van der Waals surface area contributed by atoms with Crippen LogP contribution in [0.4, 0.5) is 0 Å². The van der Waals surface area contributed by atoms with Crippen LogP contribution in [0.5, 0.6) is 5.75 Å². The summed E-state index contributed by atoms with van der Waals surface area (Å²) < 4.78 is 0. The second-order valence-electron chi connectivity index (χ2n) is 8.64.